The minimum absolute atomic E-state index is 0.426. The maximum Gasteiger partial charge on any atom is 0.488 e. The Bertz CT molecular complexity index is 974. The van der Waals surface area contributed by atoms with Crippen LogP contribution in [0.5, 0.6) is 0 Å². The predicted octanol–water partition coefficient (Wildman–Crippen LogP) is 1.80. The Labute approximate surface area is 171 Å². The Morgan fingerprint density at radius 3 is 2.76 bits per heavy atom. The molecule has 0 aliphatic carbocycles. The van der Waals surface area contributed by atoms with Crippen LogP contribution in [-0.2, 0) is 11.3 Å². The van der Waals surface area contributed by atoms with E-state index in [-0.39, 0.29) is 0 Å². The summed E-state index contributed by atoms with van der Waals surface area (Å²) >= 11 is 0. The lowest BCUT2D eigenvalue weighted by atomic mass is 9.80. The van der Waals surface area contributed by atoms with E-state index >= 15 is 0 Å². The number of benzene rings is 1. The zero-order valence-electron chi connectivity index (χ0n) is 17.0. The maximum absolute atomic E-state index is 9.49. The van der Waals surface area contributed by atoms with Crippen molar-refractivity contribution in [2.75, 3.05) is 24.7 Å². The van der Waals surface area contributed by atoms with E-state index < -0.39 is 7.12 Å². The van der Waals surface area contributed by atoms with Gasteiger partial charge >= 0.3 is 7.12 Å². The molecule has 29 heavy (non-hydrogen) atoms. The second-order valence-corrected chi connectivity index (χ2v) is 7.50. The molecule has 8 heteroatoms. The second kappa shape index (κ2) is 8.53. The van der Waals surface area contributed by atoms with Crippen molar-refractivity contribution in [1.82, 2.24) is 14.5 Å². The molecule has 7 nitrogen and oxygen atoms in total. The highest BCUT2D eigenvalue weighted by atomic mass is 16.5. The van der Waals surface area contributed by atoms with Gasteiger partial charge in [-0.15, -0.1) is 0 Å². The first-order chi connectivity index (χ1) is 14.1. The van der Waals surface area contributed by atoms with Crippen molar-refractivity contribution in [3.8, 4) is 11.4 Å². The lowest BCUT2D eigenvalue weighted by Gasteiger charge is -2.22. The van der Waals surface area contributed by atoms with Gasteiger partial charge in [-0.1, -0.05) is 6.07 Å². The van der Waals surface area contributed by atoms with Gasteiger partial charge in [-0.3, -0.25) is 0 Å². The number of hydrogen-bond acceptors (Lipinski definition) is 6. The normalized spacial score (nSPS) is 16.7. The van der Waals surface area contributed by atoms with Crippen LogP contribution in [0.3, 0.4) is 0 Å². The van der Waals surface area contributed by atoms with Gasteiger partial charge in [0.2, 0.25) is 0 Å². The van der Waals surface area contributed by atoms with E-state index in [2.05, 4.69) is 28.5 Å². The van der Waals surface area contributed by atoms with Crippen molar-refractivity contribution in [3.05, 3.63) is 36.5 Å². The van der Waals surface area contributed by atoms with Gasteiger partial charge in [-0.2, -0.15) is 0 Å². The van der Waals surface area contributed by atoms with Crippen LogP contribution in [0.15, 0.2) is 36.5 Å². The van der Waals surface area contributed by atoms with Gasteiger partial charge in [0.15, 0.2) is 0 Å². The molecule has 152 valence electrons. The molecule has 1 saturated heterocycles. The summed E-state index contributed by atoms with van der Waals surface area (Å²) in [6.07, 6.45) is 4.28. The fourth-order valence-electron chi connectivity index (χ4n) is 4.02. The monoisotopic (exact) mass is 394 g/mol. The third kappa shape index (κ3) is 4.01. The van der Waals surface area contributed by atoms with Gasteiger partial charge in [-0.25, -0.2) is 9.97 Å². The van der Waals surface area contributed by atoms with Crippen LogP contribution < -0.4 is 10.4 Å². The molecule has 3 heterocycles. The molecule has 4 rings (SSSR count). The van der Waals surface area contributed by atoms with Crippen molar-refractivity contribution in [1.29, 1.82) is 0 Å². The van der Waals surface area contributed by atoms with Crippen molar-refractivity contribution in [2.45, 2.75) is 39.3 Å². The largest absolute Gasteiger partial charge is 0.488 e. The first kappa shape index (κ1) is 19.9. The SMILES string of the molecule is CCOCCn1c(-c2ccc(N3CCC[C@@H]3C)nc2)nc2cc(B(O)O)ccc21. The summed E-state index contributed by atoms with van der Waals surface area (Å²) in [4.78, 5) is 11.8. The molecule has 3 aromatic rings. The van der Waals surface area contributed by atoms with Crippen LogP contribution in [0, 0.1) is 0 Å². The topological polar surface area (TPSA) is 83.6 Å². The molecule has 1 aliphatic heterocycles. The number of anilines is 1. The zero-order valence-corrected chi connectivity index (χ0v) is 17.0. The van der Waals surface area contributed by atoms with Gasteiger partial charge in [0.1, 0.15) is 11.6 Å². The van der Waals surface area contributed by atoms with E-state index in [1.807, 2.05) is 19.2 Å². The molecule has 0 amide bonds. The van der Waals surface area contributed by atoms with Crippen LogP contribution in [0.2, 0.25) is 0 Å². The number of pyridine rings is 1. The smallest absolute Gasteiger partial charge is 0.423 e. The Kier molecular flexibility index (Phi) is 5.85. The number of fused-ring (bicyclic) bond motifs is 1. The Morgan fingerprint density at radius 2 is 2.10 bits per heavy atom. The minimum Gasteiger partial charge on any atom is -0.423 e. The molecule has 0 saturated carbocycles. The number of imidazole rings is 1. The number of hydrogen-bond donors (Lipinski definition) is 2. The van der Waals surface area contributed by atoms with E-state index in [9.17, 15) is 10.0 Å². The maximum atomic E-state index is 9.49. The van der Waals surface area contributed by atoms with E-state index in [0.717, 1.165) is 34.8 Å². The summed E-state index contributed by atoms with van der Waals surface area (Å²) in [7, 11) is -1.51. The molecule has 1 fully saturated rings. The van der Waals surface area contributed by atoms with Gasteiger partial charge in [-0.05, 0) is 56.4 Å². The Balaban J connectivity index is 1.71. The summed E-state index contributed by atoms with van der Waals surface area (Å²) in [6.45, 7) is 7.16. The lowest BCUT2D eigenvalue weighted by molar-refractivity contribution is 0.140. The van der Waals surface area contributed by atoms with Gasteiger partial charge in [0.05, 0.1) is 17.6 Å². The average Bonchev–Trinajstić information content (AvgIpc) is 3.31. The third-order valence-corrected chi connectivity index (χ3v) is 5.59. The molecule has 2 N–H and O–H groups in total. The fraction of sp³-hybridized carbons (Fsp3) is 0.429. The van der Waals surface area contributed by atoms with Crippen LogP contribution in [-0.4, -0.2) is 57.5 Å². The summed E-state index contributed by atoms with van der Waals surface area (Å²) in [5, 5.41) is 19.0. The summed E-state index contributed by atoms with van der Waals surface area (Å²) in [6, 6.07) is 9.95. The summed E-state index contributed by atoms with van der Waals surface area (Å²) < 4.78 is 7.66. The van der Waals surface area contributed by atoms with E-state index in [1.54, 1.807) is 12.1 Å². The molecular formula is C21H27BN4O3. The fourth-order valence-corrected chi connectivity index (χ4v) is 4.02. The van der Waals surface area contributed by atoms with Gasteiger partial charge in [0, 0.05) is 37.5 Å². The number of ether oxygens (including phenoxy) is 1. The van der Waals surface area contributed by atoms with Crippen LogP contribution in [0.1, 0.15) is 26.7 Å². The summed E-state index contributed by atoms with van der Waals surface area (Å²) in [5.74, 6) is 1.80. The van der Waals surface area contributed by atoms with Gasteiger partial charge in [0.25, 0.3) is 0 Å². The number of rotatable bonds is 7. The highest BCUT2D eigenvalue weighted by Crippen LogP contribution is 2.28. The summed E-state index contributed by atoms with van der Waals surface area (Å²) in [5.41, 5.74) is 3.01. The Morgan fingerprint density at radius 1 is 1.24 bits per heavy atom. The van der Waals surface area contributed by atoms with Crippen molar-refractivity contribution >= 4 is 29.4 Å². The average molecular weight is 394 g/mol. The van der Waals surface area contributed by atoms with Crippen LogP contribution >= 0.6 is 0 Å². The third-order valence-electron chi connectivity index (χ3n) is 5.59. The van der Waals surface area contributed by atoms with Crippen LogP contribution in [0.4, 0.5) is 5.82 Å². The molecule has 0 bridgehead atoms. The lowest BCUT2D eigenvalue weighted by Crippen LogP contribution is -2.29. The zero-order chi connectivity index (χ0) is 20.4. The predicted molar refractivity (Wildman–Crippen MR) is 115 cm³/mol. The quantitative estimate of drug-likeness (QED) is 0.470. The van der Waals surface area contributed by atoms with Crippen molar-refractivity contribution in [2.24, 2.45) is 0 Å². The molecular weight excluding hydrogens is 367 g/mol. The number of nitrogens with zero attached hydrogens (tertiary/aromatic N) is 4. The van der Waals surface area contributed by atoms with Crippen molar-refractivity contribution < 1.29 is 14.8 Å². The molecule has 1 atom stereocenters. The van der Waals surface area contributed by atoms with E-state index in [1.165, 1.54) is 12.8 Å². The second-order valence-electron chi connectivity index (χ2n) is 7.50. The molecule has 1 aliphatic rings. The molecule has 0 radical (unpaired) electrons. The minimum atomic E-state index is -1.51. The molecule has 2 aromatic heterocycles. The standard InChI is InChI=1S/C21H27BN4O3/c1-3-29-12-11-26-19-8-7-17(22(27)28)13-18(19)24-21(26)16-6-9-20(23-14-16)25-10-4-5-15(25)2/h6-9,13-15,27-28H,3-5,10-12H2,1-2H3/t15-/m0/s1. The van der Waals surface area contributed by atoms with Crippen LogP contribution in [0.25, 0.3) is 22.4 Å². The molecule has 0 spiro atoms. The first-order valence-electron chi connectivity index (χ1n) is 10.3. The first-order valence-corrected chi connectivity index (χ1v) is 10.3. The van der Waals surface area contributed by atoms with E-state index in [0.29, 0.717) is 31.3 Å². The number of aromatic nitrogens is 3. The van der Waals surface area contributed by atoms with E-state index in [4.69, 9.17) is 14.7 Å². The van der Waals surface area contributed by atoms with Gasteiger partial charge < -0.3 is 24.3 Å². The molecule has 1 aromatic carbocycles. The van der Waals surface area contributed by atoms with Crippen molar-refractivity contribution in [3.63, 3.8) is 0 Å². The molecule has 0 unspecified atom stereocenters. The Hall–Kier alpha value is -2.42. The highest BCUT2D eigenvalue weighted by molar-refractivity contribution is 6.58. The highest BCUT2D eigenvalue weighted by Gasteiger charge is 2.22.